The maximum atomic E-state index is 12.7. The van der Waals surface area contributed by atoms with E-state index in [-0.39, 0.29) is 0 Å². The van der Waals surface area contributed by atoms with Gasteiger partial charge in [0.05, 0.1) is 5.41 Å². The summed E-state index contributed by atoms with van der Waals surface area (Å²) in [5.41, 5.74) is -3.44. The topological polar surface area (TPSA) is 52.6 Å². The molecular weight excluding hydrogens is 265 g/mol. The van der Waals surface area contributed by atoms with Crippen LogP contribution in [0.5, 0.6) is 0 Å². The Balaban J connectivity index is 2.79. The van der Waals surface area contributed by atoms with Gasteiger partial charge in [0, 0.05) is 6.42 Å². The molecule has 7 heteroatoms. The molecule has 0 aromatic heterocycles. The van der Waals surface area contributed by atoms with Gasteiger partial charge < -0.3 is 9.47 Å². The average Bonchev–Trinajstić information content (AvgIpc) is 2.54. The maximum Gasteiger partial charge on any atom is 0.428 e. The quantitative estimate of drug-likeness (QED) is 0.747. The molecule has 0 saturated carbocycles. The van der Waals surface area contributed by atoms with Gasteiger partial charge in [-0.3, -0.25) is 4.79 Å². The Bertz CT molecular complexity index is 389. The number of esters is 2. The van der Waals surface area contributed by atoms with Crippen LogP contribution < -0.4 is 0 Å². The summed E-state index contributed by atoms with van der Waals surface area (Å²) in [6.07, 6.45) is -6.44. The molecule has 0 N–H and O–H groups in total. The minimum absolute atomic E-state index is 0.449. The van der Waals surface area contributed by atoms with Crippen molar-refractivity contribution in [2.45, 2.75) is 58.4 Å². The predicted molar refractivity (Wildman–Crippen MR) is 59.1 cm³/mol. The van der Waals surface area contributed by atoms with Crippen LogP contribution in [-0.2, 0) is 19.1 Å². The number of carbonyl (C=O) groups is 2. The molecule has 0 aliphatic carbocycles. The fourth-order valence-electron chi connectivity index (χ4n) is 1.46. The number of hydrogen-bond donors (Lipinski definition) is 0. The van der Waals surface area contributed by atoms with E-state index in [1.165, 1.54) is 0 Å². The molecule has 0 amide bonds. The second-order valence-corrected chi connectivity index (χ2v) is 5.49. The van der Waals surface area contributed by atoms with E-state index in [0.29, 0.717) is 6.42 Å². The summed E-state index contributed by atoms with van der Waals surface area (Å²) in [5, 5.41) is 0. The van der Waals surface area contributed by atoms with Crippen LogP contribution in [-0.4, -0.2) is 29.8 Å². The van der Waals surface area contributed by atoms with Gasteiger partial charge in [-0.15, -0.1) is 0 Å². The Kier molecular flexibility index (Phi) is 3.89. The minimum atomic E-state index is -4.69. The zero-order valence-corrected chi connectivity index (χ0v) is 11.3. The SMILES string of the molecule is CCC(C)(C)C(=O)OC1CC(C)(C(F)(F)F)OC1=O. The number of alkyl halides is 3. The lowest BCUT2D eigenvalue weighted by molar-refractivity contribution is -0.251. The summed E-state index contributed by atoms with van der Waals surface area (Å²) >= 11 is 0. The van der Waals surface area contributed by atoms with Gasteiger partial charge in [-0.1, -0.05) is 6.92 Å². The zero-order valence-electron chi connectivity index (χ0n) is 11.3. The first-order chi connectivity index (χ1) is 8.43. The Hall–Kier alpha value is -1.27. The molecule has 1 aliphatic rings. The van der Waals surface area contributed by atoms with Crippen LogP contribution in [0.3, 0.4) is 0 Å². The number of cyclic esters (lactones) is 1. The van der Waals surface area contributed by atoms with Crippen LogP contribution in [0.2, 0.25) is 0 Å². The third kappa shape index (κ3) is 3.01. The lowest BCUT2D eigenvalue weighted by Crippen LogP contribution is -2.42. The van der Waals surface area contributed by atoms with Gasteiger partial charge in [-0.05, 0) is 27.2 Å². The largest absolute Gasteiger partial charge is 0.450 e. The van der Waals surface area contributed by atoms with Crippen molar-refractivity contribution >= 4 is 11.9 Å². The molecule has 1 fully saturated rings. The molecule has 0 aromatic carbocycles. The van der Waals surface area contributed by atoms with Crippen molar-refractivity contribution < 1.29 is 32.2 Å². The van der Waals surface area contributed by atoms with Crippen molar-refractivity contribution in [2.75, 3.05) is 0 Å². The van der Waals surface area contributed by atoms with Crippen LogP contribution in [0.15, 0.2) is 0 Å². The molecule has 0 aromatic rings. The number of ether oxygens (including phenoxy) is 2. The van der Waals surface area contributed by atoms with Crippen LogP contribution in [0.4, 0.5) is 13.2 Å². The van der Waals surface area contributed by atoms with Gasteiger partial charge in [0.2, 0.25) is 11.7 Å². The molecule has 1 saturated heterocycles. The monoisotopic (exact) mass is 282 g/mol. The molecule has 1 rings (SSSR count). The third-order valence-electron chi connectivity index (χ3n) is 3.45. The maximum absolute atomic E-state index is 12.7. The molecule has 2 unspecified atom stereocenters. The van der Waals surface area contributed by atoms with E-state index in [9.17, 15) is 22.8 Å². The number of hydrogen-bond acceptors (Lipinski definition) is 4. The number of carbonyl (C=O) groups excluding carboxylic acids is 2. The van der Waals surface area contributed by atoms with Gasteiger partial charge >= 0.3 is 18.1 Å². The number of halogens is 3. The molecule has 0 radical (unpaired) electrons. The summed E-state index contributed by atoms with van der Waals surface area (Å²) in [5.74, 6) is -1.86. The Morgan fingerprint density at radius 2 is 2.00 bits per heavy atom. The standard InChI is InChI=1S/C12H17F3O4/c1-5-10(2,3)9(17)18-7-6-11(4,12(13,14)15)19-8(7)16/h7H,5-6H2,1-4H3. The van der Waals surface area contributed by atoms with Gasteiger partial charge in [0.25, 0.3) is 0 Å². The Morgan fingerprint density at radius 1 is 1.47 bits per heavy atom. The van der Waals surface area contributed by atoms with Crippen LogP contribution in [0.1, 0.15) is 40.5 Å². The molecular formula is C12H17F3O4. The van der Waals surface area contributed by atoms with Crippen LogP contribution in [0.25, 0.3) is 0 Å². The fourth-order valence-corrected chi connectivity index (χ4v) is 1.46. The van der Waals surface area contributed by atoms with Crippen molar-refractivity contribution in [3.05, 3.63) is 0 Å². The first-order valence-corrected chi connectivity index (χ1v) is 5.93. The summed E-state index contributed by atoms with van der Waals surface area (Å²) in [6.45, 7) is 5.70. The van der Waals surface area contributed by atoms with Crippen molar-refractivity contribution in [1.29, 1.82) is 0 Å². The molecule has 1 heterocycles. The van der Waals surface area contributed by atoms with E-state index in [4.69, 9.17) is 4.74 Å². The predicted octanol–water partition coefficient (Wildman–Crippen LogP) is 2.60. The summed E-state index contributed by atoms with van der Waals surface area (Å²) < 4.78 is 47.3. The van der Waals surface area contributed by atoms with E-state index in [1.54, 1.807) is 20.8 Å². The summed E-state index contributed by atoms with van der Waals surface area (Å²) in [6, 6.07) is 0. The highest BCUT2D eigenvalue weighted by Gasteiger charge is 2.61. The molecule has 0 spiro atoms. The molecule has 110 valence electrons. The lowest BCUT2D eigenvalue weighted by Gasteiger charge is -2.25. The number of rotatable bonds is 3. The average molecular weight is 282 g/mol. The highest BCUT2D eigenvalue weighted by molar-refractivity contribution is 5.83. The van der Waals surface area contributed by atoms with Gasteiger partial charge in [0.15, 0.2) is 0 Å². The van der Waals surface area contributed by atoms with Crippen LogP contribution >= 0.6 is 0 Å². The first-order valence-electron chi connectivity index (χ1n) is 5.93. The lowest BCUT2D eigenvalue weighted by atomic mass is 9.90. The highest BCUT2D eigenvalue weighted by atomic mass is 19.4. The second kappa shape index (κ2) is 4.68. The van der Waals surface area contributed by atoms with Crippen molar-refractivity contribution in [1.82, 2.24) is 0 Å². The highest BCUT2D eigenvalue weighted by Crippen LogP contribution is 2.42. The Morgan fingerprint density at radius 3 is 2.37 bits per heavy atom. The van der Waals surface area contributed by atoms with E-state index in [0.717, 1.165) is 6.92 Å². The van der Waals surface area contributed by atoms with Gasteiger partial charge in [-0.2, -0.15) is 13.2 Å². The smallest absolute Gasteiger partial charge is 0.428 e. The minimum Gasteiger partial charge on any atom is -0.450 e. The van der Waals surface area contributed by atoms with Crippen molar-refractivity contribution in [3.63, 3.8) is 0 Å². The van der Waals surface area contributed by atoms with E-state index < -0.39 is 41.7 Å². The second-order valence-electron chi connectivity index (χ2n) is 5.49. The normalized spacial score (nSPS) is 28.2. The van der Waals surface area contributed by atoms with Crippen molar-refractivity contribution in [3.8, 4) is 0 Å². The first kappa shape index (κ1) is 15.8. The van der Waals surface area contributed by atoms with Gasteiger partial charge in [0.1, 0.15) is 0 Å². The fraction of sp³-hybridized carbons (Fsp3) is 0.833. The van der Waals surface area contributed by atoms with E-state index >= 15 is 0 Å². The zero-order chi connectivity index (χ0) is 15.1. The van der Waals surface area contributed by atoms with Crippen LogP contribution in [0, 0.1) is 5.41 Å². The molecule has 19 heavy (non-hydrogen) atoms. The van der Waals surface area contributed by atoms with Gasteiger partial charge in [-0.25, -0.2) is 4.79 Å². The summed E-state index contributed by atoms with van der Waals surface area (Å²) in [4.78, 5) is 23.1. The molecule has 2 atom stereocenters. The molecule has 0 bridgehead atoms. The molecule has 4 nitrogen and oxygen atoms in total. The third-order valence-corrected chi connectivity index (χ3v) is 3.45. The molecule has 1 aliphatic heterocycles. The summed E-state index contributed by atoms with van der Waals surface area (Å²) in [7, 11) is 0. The van der Waals surface area contributed by atoms with Crippen molar-refractivity contribution in [2.24, 2.45) is 5.41 Å². The van der Waals surface area contributed by atoms with E-state index in [1.807, 2.05) is 0 Å². The van der Waals surface area contributed by atoms with E-state index in [2.05, 4.69) is 4.74 Å². The Labute approximate surface area is 109 Å².